The number of carbonyl (C=O) groups excluding carboxylic acids is 1. The van der Waals surface area contributed by atoms with E-state index in [1.54, 1.807) is 6.92 Å². The van der Waals surface area contributed by atoms with Crippen molar-refractivity contribution in [1.29, 1.82) is 0 Å². The van der Waals surface area contributed by atoms with Crippen LogP contribution in [0.2, 0.25) is 0 Å². The molecular weight excluding hydrogens is 314 g/mol. The molecule has 1 aromatic carbocycles. The second kappa shape index (κ2) is 10.4. The highest BCUT2D eigenvalue weighted by molar-refractivity contribution is 5.87. The molecule has 0 fully saturated rings. The number of nitrogens with zero attached hydrogens (tertiary/aromatic N) is 1. The number of aliphatic hydroxyl groups excluding tert-OH is 1. The fourth-order valence-electron chi connectivity index (χ4n) is 2.69. The normalized spacial score (nSPS) is 12.2. The summed E-state index contributed by atoms with van der Waals surface area (Å²) in [5, 5.41) is 9.21. The molecule has 130 valence electrons. The van der Waals surface area contributed by atoms with Crippen molar-refractivity contribution in [1.82, 2.24) is 0 Å². The molecule has 23 heavy (non-hydrogen) atoms. The van der Waals surface area contributed by atoms with E-state index in [0.29, 0.717) is 16.5 Å². The van der Waals surface area contributed by atoms with Crippen molar-refractivity contribution in [3.05, 3.63) is 48.0 Å². The van der Waals surface area contributed by atoms with Gasteiger partial charge in [0.25, 0.3) is 6.23 Å². The molecule has 1 rings (SSSR count). The molecule has 1 atom stereocenters. The number of ether oxygens (including phenoxy) is 1. The van der Waals surface area contributed by atoms with E-state index in [1.165, 1.54) is 0 Å². The number of aliphatic hydroxyl groups is 1. The van der Waals surface area contributed by atoms with E-state index in [4.69, 9.17) is 4.74 Å². The Labute approximate surface area is 145 Å². The minimum absolute atomic E-state index is 0. The number of rotatable bonds is 9. The smallest absolute Gasteiger partial charge is 0.337 e. The summed E-state index contributed by atoms with van der Waals surface area (Å²) in [7, 11) is 0. The zero-order chi connectivity index (χ0) is 16.6. The lowest BCUT2D eigenvalue weighted by atomic mass is 10.1. The molecule has 5 heteroatoms. The van der Waals surface area contributed by atoms with Crippen molar-refractivity contribution < 1.29 is 31.5 Å². The molecule has 0 bridgehead atoms. The highest BCUT2D eigenvalue weighted by Crippen LogP contribution is 2.31. The summed E-state index contributed by atoms with van der Waals surface area (Å²) in [5.41, 5.74) is 1.37. The molecule has 1 aromatic rings. The van der Waals surface area contributed by atoms with E-state index >= 15 is 0 Å². The van der Waals surface area contributed by atoms with Gasteiger partial charge in [-0.25, -0.2) is 4.79 Å². The summed E-state index contributed by atoms with van der Waals surface area (Å²) >= 11 is 0. The maximum atomic E-state index is 12.1. The Morgan fingerprint density at radius 3 is 2.26 bits per heavy atom. The predicted molar refractivity (Wildman–Crippen MR) is 88.0 cm³/mol. The van der Waals surface area contributed by atoms with Crippen LogP contribution in [0.1, 0.15) is 39.0 Å². The van der Waals surface area contributed by atoms with E-state index in [9.17, 15) is 9.90 Å². The maximum absolute atomic E-state index is 12.1. The van der Waals surface area contributed by atoms with E-state index < -0.39 is 0 Å². The Bertz CT molecular complexity index is 486. The summed E-state index contributed by atoms with van der Waals surface area (Å²) in [6.45, 7) is 12.0. The lowest BCUT2D eigenvalue weighted by Gasteiger charge is -2.42. The largest absolute Gasteiger partial charge is 1.00 e. The molecular formula is C18H28ClNO3. The molecule has 0 amide bonds. The van der Waals surface area contributed by atoms with Gasteiger partial charge in [-0.15, -0.1) is 0 Å². The quantitative estimate of drug-likeness (QED) is 0.299. The second-order valence-corrected chi connectivity index (χ2v) is 5.60. The minimum Gasteiger partial charge on any atom is -1.00 e. The summed E-state index contributed by atoms with van der Waals surface area (Å²) in [5.74, 6) is -0.373. The third-order valence-corrected chi connectivity index (χ3v) is 4.17. The van der Waals surface area contributed by atoms with Crippen LogP contribution in [0.5, 0.6) is 0 Å². The zero-order valence-electron chi connectivity index (χ0n) is 14.3. The SMILES string of the molecule is C=C(C)C(=O)OC(c1ccccc1)[N+](CC)(CC)CCCO.[Cl-]. The summed E-state index contributed by atoms with van der Waals surface area (Å²) < 4.78 is 6.40. The first-order chi connectivity index (χ1) is 10.5. The molecule has 0 aromatic heterocycles. The lowest BCUT2D eigenvalue weighted by Crippen LogP contribution is -3.00. The van der Waals surface area contributed by atoms with Gasteiger partial charge in [0.2, 0.25) is 0 Å². The highest BCUT2D eigenvalue weighted by atomic mass is 35.5. The Balaban J connectivity index is 0.00000484. The Kier molecular flexibility index (Phi) is 9.80. The van der Waals surface area contributed by atoms with Gasteiger partial charge in [0.15, 0.2) is 0 Å². The van der Waals surface area contributed by atoms with Crippen LogP contribution in [-0.4, -0.2) is 41.8 Å². The standard InChI is InChI=1S/C18H28NO3.ClH/c1-5-19(6-2,13-10-14-20)17(22-18(21)15(3)4)16-11-8-7-9-12-16;/h7-9,11-12,17,20H,3,5-6,10,13-14H2,1-2,4H3;1H/q+1;/p-1. The summed E-state index contributed by atoms with van der Waals surface area (Å²) in [4.78, 5) is 12.1. The van der Waals surface area contributed by atoms with Gasteiger partial charge in [0, 0.05) is 18.6 Å². The average molecular weight is 342 g/mol. The summed E-state index contributed by atoms with van der Waals surface area (Å²) in [6.07, 6.45) is 0.294. The van der Waals surface area contributed by atoms with E-state index in [2.05, 4.69) is 20.4 Å². The minimum atomic E-state index is -0.382. The highest BCUT2D eigenvalue weighted by Gasteiger charge is 2.38. The number of halogens is 1. The van der Waals surface area contributed by atoms with Crippen molar-refractivity contribution in [3.8, 4) is 0 Å². The molecule has 1 unspecified atom stereocenters. The van der Waals surface area contributed by atoms with Gasteiger partial charge < -0.3 is 22.3 Å². The first-order valence-corrected chi connectivity index (χ1v) is 7.88. The Morgan fingerprint density at radius 2 is 1.83 bits per heavy atom. The van der Waals surface area contributed by atoms with Crippen molar-refractivity contribution in [2.75, 3.05) is 26.2 Å². The topological polar surface area (TPSA) is 46.5 Å². The number of quaternary nitrogens is 1. The van der Waals surface area contributed by atoms with Gasteiger partial charge in [-0.1, -0.05) is 24.8 Å². The van der Waals surface area contributed by atoms with Crippen molar-refractivity contribution >= 4 is 5.97 Å². The fraction of sp³-hybridized carbons (Fsp3) is 0.500. The van der Waals surface area contributed by atoms with Crippen LogP contribution in [0.15, 0.2) is 42.5 Å². The third kappa shape index (κ3) is 5.65. The first-order valence-electron chi connectivity index (χ1n) is 7.88. The molecule has 0 aliphatic carbocycles. The van der Waals surface area contributed by atoms with Crippen LogP contribution in [0, 0.1) is 0 Å². The van der Waals surface area contributed by atoms with Crippen LogP contribution in [-0.2, 0) is 9.53 Å². The van der Waals surface area contributed by atoms with Gasteiger partial charge >= 0.3 is 5.97 Å². The van der Waals surface area contributed by atoms with Gasteiger partial charge in [-0.2, -0.15) is 0 Å². The maximum Gasteiger partial charge on any atom is 0.337 e. The Hall–Kier alpha value is -1.36. The van der Waals surface area contributed by atoms with Crippen molar-refractivity contribution in [3.63, 3.8) is 0 Å². The van der Waals surface area contributed by atoms with E-state index in [-0.39, 0.29) is 31.2 Å². The average Bonchev–Trinajstić information content (AvgIpc) is 2.55. The van der Waals surface area contributed by atoms with Crippen molar-refractivity contribution in [2.24, 2.45) is 0 Å². The van der Waals surface area contributed by atoms with Crippen LogP contribution in [0.3, 0.4) is 0 Å². The monoisotopic (exact) mass is 341 g/mol. The predicted octanol–water partition coefficient (Wildman–Crippen LogP) is 0.0475. The van der Waals surface area contributed by atoms with Crippen molar-refractivity contribution in [2.45, 2.75) is 33.4 Å². The fourth-order valence-corrected chi connectivity index (χ4v) is 2.69. The van der Waals surface area contributed by atoms with Crippen LogP contribution >= 0.6 is 0 Å². The zero-order valence-corrected chi connectivity index (χ0v) is 15.1. The number of hydrogen-bond acceptors (Lipinski definition) is 3. The third-order valence-electron chi connectivity index (χ3n) is 4.17. The second-order valence-electron chi connectivity index (χ2n) is 5.60. The first kappa shape index (κ1) is 21.6. The molecule has 0 radical (unpaired) electrons. The number of esters is 1. The van der Waals surface area contributed by atoms with E-state index in [1.807, 2.05) is 30.3 Å². The van der Waals surface area contributed by atoms with Gasteiger partial charge in [0.05, 0.1) is 25.2 Å². The molecule has 0 spiro atoms. The molecule has 0 saturated carbocycles. The molecule has 0 aliphatic rings. The molecule has 0 heterocycles. The Morgan fingerprint density at radius 1 is 1.26 bits per heavy atom. The van der Waals surface area contributed by atoms with Crippen LogP contribution in [0.25, 0.3) is 0 Å². The van der Waals surface area contributed by atoms with Gasteiger partial charge in [-0.05, 0) is 32.9 Å². The summed E-state index contributed by atoms with van der Waals surface area (Å²) in [6, 6.07) is 9.80. The van der Waals surface area contributed by atoms with Crippen LogP contribution in [0.4, 0.5) is 0 Å². The van der Waals surface area contributed by atoms with Gasteiger partial charge in [-0.3, -0.25) is 4.48 Å². The number of carbonyl (C=O) groups is 1. The van der Waals surface area contributed by atoms with Gasteiger partial charge in [0.1, 0.15) is 0 Å². The van der Waals surface area contributed by atoms with E-state index in [0.717, 1.165) is 25.2 Å². The molecule has 1 N–H and O–H groups in total. The number of hydrogen-bond donors (Lipinski definition) is 1. The molecule has 0 saturated heterocycles. The lowest BCUT2D eigenvalue weighted by molar-refractivity contribution is -0.973. The van der Waals surface area contributed by atoms with Crippen LogP contribution < -0.4 is 12.4 Å². The number of benzene rings is 1. The molecule has 0 aliphatic heterocycles. The molecule has 4 nitrogen and oxygen atoms in total.